The smallest absolute Gasteiger partial charge is 0.0795 e. The minimum atomic E-state index is 0.344. The molecule has 0 amide bonds. The number of hydrogen-bond acceptors (Lipinski definition) is 4. The van der Waals surface area contributed by atoms with Crippen LogP contribution < -0.4 is 5.73 Å². The molecule has 2 atom stereocenters. The van der Waals surface area contributed by atoms with Crippen LogP contribution in [0.4, 0.5) is 0 Å². The van der Waals surface area contributed by atoms with E-state index in [4.69, 9.17) is 5.73 Å². The second-order valence-corrected chi connectivity index (χ2v) is 5.54. The number of hydrogen-bond donors (Lipinski definition) is 1. The highest BCUT2D eigenvalue weighted by Crippen LogP contribution is 2.27. The fourth-order valence-corrected chi connectivity index (χ4v) is 3.09. The third-order valence-electron chi connectivity index (χ3n) is 3.74. The van der Waals surface area contributed by atoms with Crippen molar-refractivity contribution in [1.29, 1.82) is 0 Å². The van der Waals surface area contributed by atoms with Crippen molar-refractivity contribution in [1.82, 2.24) is 9.88 Å². The summed E-state index contributed by atoms with van der Waals surface area (Å²) in [6.07, 6.45) is 2.46. The number of nitrogens with zero attached hydrogens (tertiary/aromatic N) is 2. The fourth-order valence-electron chi connectivity index (χ4n) is 2.45. The van der Waals surface area contributed by atoms with Crippen LogP contribution >= 0.6 is 11.3 Å². The lowest BCUT2D eigenvalue weighted by Crippen LogP contribution is -2.40. The van der Waals surface area contributed by atoms with Gasteiger partial charge in [-0.1, -0.05) is 0 Å². The highest BCUT2D eigenvalue weighted by atomic mass is 32.1. The number of piperidine rings is 1. The maximum atomic E-state index is 5.95. The largest absolute Gasteiger partial charge is 0.328 e. The van der Waals surface area contributed by atoms with Crippen LogP contribution in [-0.2, 0) is 0 Å². The van der Waals surface area contributed by atoms with Crippen LogP contribution in [0.15, 0.2) is 10.9 Å². The molecule has 2 N–H and O–H groups in total. The van der Waals surface area contributed by atoms with E-state index in [9.17, 15) is 0 Å². The number of nitrogens with two attached hydrogens (primary N) is 1. The van der Waals surface area contributed by atoms with Crippen LogP contribution in [0.1, 0.15) is 38.4 Å². The van der Waals surface area contributed by atoms with Gasteiger partial charge in [-0.05, 0) is 45.7 Å². The number of aromatic nitrogens is 1. The van der Waals surface area contributed by atoms with Crippen molar-refractivity contribution >= 4 is 11.3 Å². The summed E-state index contributed by atoms with van der Waals surface area (Å²) in [5.41, 5.74) is 9.08. The van der Waals surface area contributed by atoms with E-state index in [0.717, 1.165) is 13.1 Å². The summed E-state index contributed by atoms with van der Waals surface area (Å²) in [7, 11) is 0. The molecule has 4 heteroatoms. The zero-order valence-electron chi connectivity index (χ0n) is 10.1. The molecule has 0 spiro atoms. The Hall–Kier alpha value is -0.450. The topological polar surface area (TPSA) is 42.1 Å². The van der Waals surface area contributed by atoms with E-state index >= 15 is 0 Å². The number of rotatable bonds is 3. The minimum Gasteiger partial charge on any atom is -0.328 e. The van der Waals surface area contributed by atoms with Gasteiger partial charge in [0.05, 0.1) is 17.2 Å². The van der Waals surface area contributed by atoms with Crippen molar-refractivity contribution in [3.05, 3.63) is 16.6 Å². The van der Waals surface area contributed by atoms with E-state index in [0.29, 0.717) is 18.0 Å². The second-order valence-electron chi connectivity index (χ2n) is 4.82. The molecule has 2 unspecified atom stereocenters. The van der Waals surface area contributed by atoms with E-state index in [-0.39, 0.29) is 0 Å². The van der Waals surface area contributed by atoms with Crippen LogP contribution in [0.5, 0.6) is 0 Å². The first-order chi connectivity index (χ1) is 7.68. The summed E-state index contributed by atoms with van der Waals surface area (Å²) in [5, 5.41) is 2.16. The Morgan fingerprint density at radius 2 is 2.12 bits per heavy atom. The third-order valence-corrected chi connectivity index (χ3v) is 4.35. The SMILES string of the molecule is CC(N)C1CCN(C(C)c2cscn2)CC1. The van der Waals surface area contributed by atoms with Crippen molar-refractivity contribution in [2.75, 3.05) is 13.1 Å². The maximum Gasteiger partial charge on any atom is 0.0795 e. The molecule has 1 aliphatic heterocycles. The van der Waals surface area contributed by atoms with Crippen molar-refractivity contribution < 1.29 is 0 Å². The van der Waals surface area contributed by atoms with Crippen molar-refractivity contribution in [2.45, 2.75) is 38.8 Å². The normalized spacial score (nSPS) is 23.2. The summed E-state index contributed by atoms with van der Waals surface area (Å²) in [5.74, 6) is 0.707. The minimum absolute atomic E-state index is 0.344. The molecule has 0 radical (unpaired) electrons. The molecule has 2 heterocycles. The predicted molar refractivity (Wildman–Crippen MR) is 68.5 cm³/mol. The average Bonchev–Trinajstić information content (AvgIpc) is 2.81. The Morgan fingerprint density at radius 1 is 1.44 bits per heavy atom. The fraction of sp³-hybridized carbons (Fsp3) is 0.750. The van der Waals surface area contributed by atoms with E-state index < -0.39 is 0 Å². The maximum absolute atomic E-state index is 5.95. The molecule has 1 aliphatic rings. The summed E-state index contributed by atoms with van der Waals surface area (Å²) >= 11 is 1.68. The van der Waals surface area contributed by atoms with Crippen molar-refractivity contribution in [3.8, 4) is 0 Å². The lowest BCUT2D eigenvalue weighted by molar-refractivity contribution is 0.131. The van der Waals surface area contributed by atoms with Crippen LogP contribution in [0, 0.1) is 5.92 Å². The molecular weight excluding hydrogens is 218 g/mol. The van der Waals surface area contributed by atoms with Crippen LogP contribution in [-0.4, -0.2) is 29.0 Å². The second kappa shape index (κ2) is 5.25. The van der Waals surface area contributed by atoms with Crippen molar-refractivity contribution in [3.63, 3.8) is 0 Å². The van der Waals surface area contributed by atoms with Gasteiger partial charge in [0.1, 0.15) is 0 Å². The first-order valence-corrected chi connectivity index (χ1v) is 7.00. The molecule has 16 heavy (non-hydrogen) atoms. The lowest BCUT2D eigenvalue weighted by Gasteiger charge is -2.36. The lowest BCUT2D eigenvalue weighted by atomic mass is 9.90. The van der Waals surface area contributed by atoms with Gasteiger partial charge in [0.2, 0.25) is 0 Å². The zero-order valence-corrected chi connectivity index (χ0v) is 10.9. The van der Waals surface area contributed by atoms with Crippen LogP contribution in [0.25, 0.3) is 0 Å². The Kier molecular flexibility index (Phi) is 3.95. The van der Waals surface area contributed by atoms with Crippen LogP contribution in [0.2, 0.25) is 0 Å². The molecular formula is C12H21N3S. The van der Waals surface area contributed by atoms with Gasteiger partial charge in [-0.3, -0.25) is 4.90 Å². The van der Waals surface area contributed by atoms with Gasteiger partial charge in [0, 0.05) is 11.4 Å². The number of thiazole rings is 1. The van der Waals surface area contributed by atoms with Gasteiger partial charge in [0.15, 0.2) is 0 Å². The van der Waals surface area contributed by atoms with E-state index in [2.05, 4.69) is 29.1 Å². The average molecular weight is 239 g/mol. The van der Waals surface area contributed by atoms with E-state index in [1.807, 2.05) is 5.51 Å². The van der Waals surface area contributed by atoms with Crippen molar-refractivity contribution in [2.24, 2.45) is 11.7 Å². The predicted octanol–water partition coefficient (Wildman–Crippen LogP) is 2.26. The monoisotopic (exact) mass is 239 g/mol. The summed E-state index contributed by atoms with van der Waals surface area (Å²) in [4.78, 5) is 6.92. The molecule has 2 rings (SSSR count). The first kappa shape index (κ1) is 12.0. The first-order valence-electron chi connectivity index (χ1n) is 6.06. The Morgan fingerprint density at radius 3 is 2.62 bits per heavy atom. The molecule has 1 saturated heterocycles. The molecule has 0 aromatic carbocycles. The highest BCUT2D eigenvalue weighted by Gasteiger charge is 2.25. The van der Waals surface area contributed by atoms with Gasteiger partial charge >= 0.3 is 0 Å². The Balaban J connectivity index is 1.89. The molecule has 1 aromatic heterocycles. The molecule has 0 bridgehead atoms. The Labute approximate surface area is 102 Å². The molecule has 0 aliphatic carbocycles. The molecule has 1 fully saturated rings. The molecule has 90 valence electrons. The zero-order chi connectivity index (χ0) is 11.5. The summed E-state index contributed by atoms with van der Waals surface area (Å²) in [6, 6.07) is 0.803. The number of likely N-dealkylation sites (tertiary alicyclic amines) is 1. The van der Waals surface area contributed by atoms with Gasteiger partial charge < -0.3 is 5.73 Å². The molecule has 1 aromatic rings. The quantitative estimate of drug-likeness (QED) is 0.880. The third kappa shape index (κ3) is 2.62. The van der Waals surface area contributed by atoms with Gasteiger partial charge in [-0.2, -0.15) is 0 Å². The molecule has 0 saturated carbocycles. The molecule has 3 nitrogen and oxygen atoms in total. The standard InChI is InChI=1S/C12H21N3S/c1-9(13)11-3-5-15(6-4-11)10(2)12-7-16-8-14-12/h7-11H,3-6,13H2,1-2H3. The van der Waals surface area contributed by atoms with Crippen LogP contribution in [0.3, 0.4) is 0 Å². The Bertz CT molecular complexity index is 302. The van der Waals surface area contributed by atoms with Gasteiger partial charge in [-0.25, -0.2) is 4.98 Å². The highest BCUT2D eigenvalue weighted by molar-refractivity contribution is 7.07. The van der Waals surface area contributed by atoms with Gasteiger partial charge in [0.25, 0.3) is 0 Å². The van der Waals surface area contributed by atoms with E-state index in [1.54, 1.807) is 11.3 Å². The summed E-state index contributed by atoms with van der Waals surface area (Å²) in [6.45, 7) is 6.70. The van der Waals surface area contributed by atoms with Gasteiger partial charge in [-0.15, -0.1) is 11.3 Å². The van der Waals surface area contributed by atoms with E-state index in [1.165, 1.54) is 18.5 Å². The summed E-state index contributed by atoms with van der Waals surface area (Å²) < 4.78 is 0.